The minimum Gasteiger partial charge on any atom is -0.458 e. The maximum Gasteiger partial charge on any atom is 0.334 e. The van der Waals surface area contributed by atoms with Crippen molar-refractivity contribution >= 4 is 11.9 Å². The summed E-state index contributed by atoms with van der Waals surface area (Å²) in [5, 5.41) is 0. The first-order valence-corrected chi connectivity index (χ1v) is 8.70. The molecule has 130 valence electrons. The van der Waals surface area contributed by atoms with E-state index in [1.54, 1.807) is 13.0 Å². The van der Waals surface area contributed by atoms with Gasteiger partial charge in [-0.1, -0.05) is 25.2 Å². The Morgan fingerprint density at radius 2 is 2.17 bits per heavy atom. The number of hydrogen-bond donors (Lipinski definition) is 0. The highest BCUT2D eigenvalue weighted by molar-refractivity contribution is 5.91. The number of allylic oxidation sites excluding steroid dienone is 2. The molecule has 0 spiro atoms. The van der Waals surface area contributed by atoms with Gasteiger partial charge in [0.2, 0.25) is 0 Å². The van der Waals surface area contributed by atoms with Crippen molar-refractivity contribution < 1.29 is 19.1 Å². The molecule has 0 N–H and O–H groups in total. The van der Waals surface area contributed by atoms with Gasteiger partial charge < -0.3 is 9.47 Å². The third-order valence-electron chi connectivity index (χ3n) is 6.14. The van der Waals surface area contributed by atoms with E-state index in [1.807, 2.05) is 6.92 Å². The smallest absolute Gasteiger partial charge is 0.334 e. The monoisotopic (exact) mass is 330 g/mol. The minimum atomic E-state index is -0.253. The largest absolute Gasteiger partial charge is 0.458 e. The van der Waals surface area contributed by atoms with Crippen LogP contribution in [0.15, 0.2) is 34.9 Å². The summed E-state index contributed by atoms with van der Waals surface area (Å²) in [5.74, 6) is -0.428. The molecular weight excluding hydrogens is 304 g/mol. The Balaban J connectivity index is 1.87. The van der Waals surface area contributed by atoms with Crippen LogP contribution in [0, 0.1) is 11.3 Å². The van der Waals surface area contributed by atoms with Crippen LogP contribution in [0.1, 0.15) is 53.4 Å². The normalized spacial score (nSPS) is 36.2. The van der Waals surface area contributed by atoms with E-state index < -0.39 is 0 Å². The molecule has 0 amide bonds. The van der Waals surface area contributed by atoms with E-state index in [2.05, 4.69) is 20.4 Å². The second kappa shape index (κ2) is 5.91. The van der Waals surface area contributed by atoms with Crippen LogP contribution in [0.25, 0.3) is 0 Å². The predicted octanol–water partition coefficient (Wildman–Crippen LogP) is 3.87. The van der Waals surface area contributed by atoms with Gasteiger partial charge in [-0.3, -0.25) is 0 Å². The average Bonchev–Trinajstić information content (AvgIpc) is 2.81. The van der Waals surface area contributed by atoms with Crippen molar-refractivity contribution in [1.82, 2.24) is 0 Å². The summed E-state index contributed by atoms with van der Waals surface area (Å²) in [4.78, 5) is 23.9. The molecule has 1 heterocycles. The van der Waals surface area contributed by atoms with E-state index in [4.69, 9.17) is 9.47 Å². The number of carbonyl (C=O) groups excluding carboxylic acids is 2. The Morgan fingerprint density at radius 3 is 2.83 bits per heavy atom. The molecule has 4 nitrogen and oxygen atoms in total. The first kappa shape index (κ1) is 17.0. The van der Waals surface area contributed by atoms with Crippen molar-refractivity contribution in [1.29, 1.82) is 0 Å². The quantitative estimate of drug-likeness (QED) is 0.438. The van der Waals surface area contributed by atoms with Crippen LogP contribution in [0.5, 0.6) is 0 Å². The number of hydrogen-bond acceptors (Lipinski definition) is 4. The van der Waals surface area contributed by atoms with Gasteiger partial charge >= 0.3 is 11.9 Å². The molecule has 0 unspecified atom stereocenters. The molecule has 0 bridgehead atoms. The molecule has 24 heavy (non-hydrogen) atoms. The number of ether oxygens (including phenoxy) is 2. The van der Waals surface area contributed by atoms with E-state index >= 15 is 0 Å². The molecule has 2 fully saturated rings. The van der Waals surface area contributed by atoms with Gasteiger partial charge in [0.25, 0.3) is 0 Å². The lowest BCUT2D eigenvalue weighted by molar-refractivity contribution is -0.145. The molecule has 3 rings (SSSR count). The first-order valence-electron chi connectivity index (χ1n) is 8.70. The Hall–Kier alpha value is -1.84. The van der Waals surface area contributed by atoms with Gasteiger partial charge in [-0.15, -0.1) is 0 Å². The highest BCUT2D eigenvalue weighted by atomic mass is 16.6. The maximum absolute atomic E-state index is 12.1. The van der Waals surface area contributed by atoms with Crippen LogP contribution in [-0.2, 0) is 19.1 Å². The molecule has 0 aromatic heterocycles. The second-order valence-corrected chi connectivity index (χ2v) is 7.61. The summed E-state index contributed by atoms with van der Waals surface area (Å²) >= 11 is 0. The summed E-state index contributed by atoms with van der Waals surface area (Å²) in [6, 6.07) is 0. The Kier molecular flexibility index (Phi) is 4.18. The Morgan fingerprint density at radius 1 is 1.46 bits per heavy atom. The molecule has 0 aromatic rings. The second-order valence-electron chi connectivity index (χ2n) is 7.61. The van der Waals surface area contributed by atoms with Gasteiger partial charge in [0.05, 0.1) is 0 Å². The van der Waals surface area contributed by atoms with Gasteiger partial charge in [-0.05, 0) is 57.4 Å². The van der Waals surface area contributed by atoms with E-state index in [0.29, 0.717) is 11.1 Å². The fraction of sp³-hybridized carbons (Fsp3) is 0.600. The summed E-state index contributed by atoms with van der Waals surface area (Å²) in [7, 11) is 0. The lowest BCUT2D eigenvalue weighted by atomic mass is 9.60. The van der Waals surface area contributed by atoms with Gasteiger partial charge in [0, 0.05) is 17.1 Å². The molecule has 0 aromatic carbocycles. The van der Waals surface area contributed by atoms with Gasteiger partial charge in [0.15, 0.2) is 0 Å². The van der Waals surface area contributed by atoms with Crippen molar-refractivity contribution in [2.45, 2.75) is 65.6 Å². The van der Waals surface area contributed by atoms with Gasteiger partial charge in [-0.25, -0.2) is 9.59 Å². The van der Waals surface area contributed by atoms with Crippen molar-refractivity contribution in [3.05, 3.63) is 34.9 Å². The van der Waals surface area contributed by atoms with E-state index in [9.17, 15) is 9.59 Å². The maximum atomic E-state index is 12.1. The number of esters is 2. The SMILES string of the molecule is C=C1C(=O)O[C@@H]2C[C@@]3(C)CC[C@H](OC(=O)/C(C)=C\C)C(C)=C3C[C@H]12. The third-order valence-corrected chi connectivity index (χ3v) is 6.14. The molecular formula is C20H26O4. The molecule has 2 aliphatic carbocycles. The summed E-state index contributed by atoms with van der Waals surface area (Å²) in [6.07, 6.45) is 4.95. The molecule has 0 radical (unpaired) electrons. The van der Waals surface area contributed by atoms with Gasteiger partial charge in [0.1, 0.15) is 12.2 Å². The number of carbonyl (C=O) groups is 2. The van der Waals surface area contributed by atoms with E-state index in [1.165, 1.54) is 5.57 Å². The van der Waals surface area contributed by atoms with Crippen LogP contribution in [0.4, 0.5) is 0 Å². The van der Waals surface area contributed by atoms with Gasteiger partial charge in [-0.2, -0.15) is 0 Å². The van der Waals surface area contributed by atoms with Crippen molar-refractivity contribution in [3.63, 3.8) is 0 Å². The Labute approximate surface area is 143 Å². The van der Waals surface area contributed by atoms with Crippen molar-refractivity contribution in [3.8, 4) is 0 Å². The minimum absolute atomic E-state index is 0.0225. The topological polar surface area (TPSA) is 52.6 Å². The number of rotatable bonds is 2. The summed E-state index contributed by atoms with van der Waals surface area (Å²) in [6.45, 7) is 11.8. The Bertz CT molecular complexity index is 669. The summed E-state index contributed by atoms with van der Waals surface area (Å²) < 4.78 is 11.2. The fourth-order valence-electron chi connectivity index (χ4n) is 4.38. The average molecular weight is 330 g/mol. The van der Waals surface area contributed by atoms with Crippen LogP contribution in [0.2, 0.25) is 0 Å². The number of fused-ring (bicyclic) bond motifs is 2. The van der Waals surface area contributed by atoms with Crippen molar-refractivity contribution in [2.75, 3.05) is 0 Å². The molecule has 1 saturated carbocycles. The van der Waals surface area contributed by atoms with Crippen LogP contribution < -0.4 is 0 Å². The van der Waals surface area contributed by atoms with Crippen LogP contribution >= 0.6 is 0 Å². The first-order chi connectivity index (χ1) is 11.3. The zero-order valence-electron chi connectivity index (χ0n) is 15.0. The van der Waals surface area contributed by atoms with Crippen molar-refractivity contribution in [2.24, 2.45) is 11.3 Å². The zero-order valence-corrected chi connectivity index (χ0v) is 15.0. The fourth-order valence-corrected chi connectivity index (χ4v) is 4.38. The lowest BCUT2D eigenvalue weighted by Gasteiger charge is -2.46. The van der Waals surface area contributed by atoms with Crippen LogP contribution in [-0.4, -0.2) is 24.1 Å². The van der Waals surface area contributed by atoms with Crippen LogP contribution in [0.3, 0.4) is 0 Å². The molecule has 3 aliphatic rings. The summed E-state index contributed by atoms with van der Waals surface area (Å²) in [5.41, 5.74) is 3.71. The highest BCUT2D eigenvalue weighted by Crippen LogP contribution is 2.55. The lowest BCUT2D eigenvalue weighted by Crippen LogP contribution is -2.41. The van der Waals surface area contributed by atoms with E-state index in [0.717, 1.165) is 31.3 Å². The molecule has 4 atom stereocenters. The third kappa shape index (κ3) is 2.62. The van der Waals surface area contributed by atoms with E-state index in [-0.39, 0.29) is 35.5 Å². The molecule has 4 heteroatoms. The predicted molar refractivity (Wildman–Crippen MR) is 91.1 cm³/mol. The highest BCUT2D eigenvalue weighted by Gasteiger charge is 2.51. The molecule has 1 aliphatic heterocycles. The zero-order chi connectivity index (χ0) is 17.6. The standard InChI is InChI=1S/C20H26O4/c1-6-11(2)18(21)23-16-7-8-20(5)10-17-14(9-15(20)13(16)4)12(3)19(22)24-17/h6,14,16-17H,3,7-10H2,1-2,4-5H3/b11-6-/t14-,16+,17-,20-/m1/s1. The molecule has 1 saturated heterocycles.